The molecule has 0 aliphatic carbocycles. The molecule has 4 heteroatoms. The van der Waals surface area contributed by atoms with Crippen molar-refractivity contribution < 1.29 is 0 Å². The summed E-state index contributed by atoms with van der Waals surface area (Å²) in [5.74, 6) is 4.36. The molecular formula is C23H28N2Si2. The van der Waals surface area contributed by atoms with Gasteiger partial charge in [-0.2, -0.15) is 0 Å². The average Bonchev–Trinajstić information content (AvgIpc) is 2.96. The first kappa shape index (κ1) is 19.4. The van der Waals surface area contributed by atoms with Crippen molar-refractivity contribution in [1.29, 1.82) is 0 Å². The number of rotatable bonds is 3. The highest BCUT2D eigenvalue weighted by Gasteiger charge is 2.25. The van der Waals surface area contributed by atoms with E-state index >= 15 is 0 Å². The summed E-state index contributed by atoms with van der Waals surface area (Å²) >= 11 is 0. The van der Waals surface area contributed by atoms with Gasteiger partial charge in [0.1, 0.15) is 13.9 Å². The summed E-state index contributed by atoms with van der Waals surface area (Å²) in [6.07, 6.45) is 4.04. The van der Waals surface area contributed by atoms with Crippen LogP contribution in [-0.4, -0.2) is 25.7 Å². The Morgan fingerprint density at radius 1 is 0.963 bits per heavy atom. The summed E-state index contributed by atoms with van der Waals surface area (Å²) < 4.78 is 2.29. The predicted molar refractivity (Wildman–Crippen MR) is 124 cm³/mol. The lowest BCUT2D eigenvalue weighted by atomic mass is 10.2. The van der Waals surface area contributed by atoms with Gasteiger partial charge < -0.3 is 0 Å². The molecule has 0 bridgehead atoms. The van der Waals surface area contributed by atoms with Crippen molar-refractivity contribution in [2.75, 3.05) is 0 Å². The SMILES string of the molecule is C[Si](C)(C)C#C/C=C(/c1cc2ccccc2n1-c1ccccn1)[Si](C)(C)C. The van der Waals surface area contributed by atoms with Crippen molar-refractivity contribution in [3.05, 3.63) is 66.5 Å². The van der Waals surface area contributed by atoms with E-state index in [1.807, 2.05) is 18.3 Å². The van der Waals surface area contributed by atoms with E-state index < -0.39 is 16.1 Å². The van der Waals surface area contributed by atoms with Crippen LogP contribution in [0.4, 0.5) is 0 Å². The first-order valence-electron chi connectivity index (χ1n) is 9.42. The first-order valence-corrected chi connectivity index (χ1v) is 16.4. The van der Waals surface area contributed by atoms with Gasteiger partial charge in [0.2, 0.25) is 0 Å². The van der Waals surface area contributed by atoms with Gasteiger partial charge in [0.05, 0.1) is 13.6 Å². The molecule has 2 nitrogen and oxygen atoms in total. The highest BCUT2D eigenvalue weighted by atomic mass is 28.3. The fourth-order valence-electron chi connectivity index (χ4n) is 3.09. The molecule has 0 spiro atoms. The van der Waals surface area contributed by atoms with Gasteiger partial charge in [-0.15, -0.1) is 5.54 Å². The molecule has 0 unspecified atom stereocenters. The van der Waals surface area contributed by atoms with E-state index in [4.69, 9.17) is 0 Å². The van der Waals surface area contributed by atoms with Crippen molar-refractivity contribution in [2.45, 2.75) is 39.3 Å². The van der Waals surface area contributed by atoms with E-state index in [0.29, 0.717) is 0 Å². The normalized spacial score (nSPS) is 12.7. The van der Waals surface area contributed by atoms with Crippen LogP contribution >= 0.6 is 0 Å². The van der Waals surface area contributed by atoms with Crippen LogP contribution in [0.25, 0.3) is 21.9 Å². The Hall–Kier alpha value is -2.36. The molecule has 0 N–H and O–H groups in total. The summed E-state index contributed by atoms with van der Waals surface area (Å²) in [6.45, 7) is 14.0. The molecule has 0 fully saturated rings. The Bertz CT molecular complexity index is 1040. The molecular weight excluding hydrogens is 360 g/mol. The molecule has 27 heavy (non-hydrogen) atoms. The van der Waals surface area contributed by atoms with Crippen molar-refractivity contribution in [3.63, 3.8) is 0 Å². The molecule has 0 atom stereocenters. The van der Waals surface area contributed by atoms with Crippen LogP contribution in [0.3, 0.4) is 0 Å². The molecule has 2 aromatic heterocycles. The van der Waals surface area contributed by atoms with Crippen molar-refractivity contribution in [1.82, 2.24) is 9.55 Å². The number of fused-ring (bicyclic) bond motifs is 1. The first-order chi connectivity index (χ1) is 12.7. The predicted octanol–water partition coefficient (Wildman–Crippen LogP) is 6.17. The third kappa shape index (κ3) is 4.49. The van der Waals surface area contributed by atoms with Crippen LogP contribution in [-0.2, 0) is 0 Å². The number of pyridine rings is 1. The van der Waals surface area contributed by atoms with Gasteiger partial charge in [0.15, 0.2) is 0 Å². The minimum Gasteiger partial charge on any atom is -0.295 e. The highest BCUT2D eigenvalue weighted by Crippen LogP contribution is 2.33. The van der Waals surface area contributed by atoms with Crippen molar-refractivity contribution >= 4 is 32.2 Å². The standard InChI is InChI=1S/C23H28N2Si2/c1-26(2,3)17-11-14-22(27(4,5)6)21-18-19-12-7-8-13-20(19)25(21)23-15-9-10-16-24-23/h7-10,12-16,18H,1-6H3/b22-14-. The number of nitrogens with zero attached hydrogens (tertiary/aromatic N) is 2. The van der Waals surface area contributed by atoms with E-state index in [1.165, 1.54) is 21.8 Å². The van der Waals surface area contributed by atoms with Gasteiger partial charge >= 0.3 is 0 Å². The number of para-hydroxylation sites is 1. The maximum atomic E-state index is 4.64. The zero-order valence-corrected chi connectivity index (χ0v) is 19.2. The molecule has 0 saturated carbocycles. The van der Waals surface area contributed by atoms with E-state index in [2.05, 4.69) is 103 Å². The summed E-state index contributed by atoms with van der Waals surface area (Å²) in [5, 5.41) is 2.61. The minimum absolute atomic E-state index is 0.955. The smallest absolute Gasteiger partial charge is 0.137 e. The molecule has 2 heterocycles. The van der Waals surface area contributed by atoms with E-state index in [0.717, 1.165) is 5.82 Å². The number of hydrogen-bond donors (Lipinski definition) is 0. The Balaban J connectivity index is 2.30. The molecule has 0 radical (unpaired) electrons. The van der Waals surface area contributed by atoms with E-state index in [9.17, 15) is 0 Å². The maximum absolute atomic E-state index is 4.64. The molecule has 0 aliphatic heterocycles. The topological polar surface area (TPSA) is 17.8 Å². The zero-order chi connectivity index (χ0) is 19.7. The molecule has 0 amide bonds. The fraction of sp³-hybridized carbons (Fsp3) is 0.261. The summed E-state index contributed by atoms with van der Waals surface area (Å²) in [5.41, 5.74) is 5.91. The molecule has 0 aliphatic rings. The Kier molecular flexibility index (Phi) is 5.27. The molecule has 3 rings (SSSR count). The largest absolute Gasteiger partial charge is 0.295 e. The van der Waals surface area contributed by atoms with Gasteiger partial charge in [0, 0.05) is 17.3 Å². The lowest BCUT2D eigenvalue weighted by Crippen LogP contribution is -2.24. The second kappa shape index (κ2) is 7.34. The van der Waals surface area contributed by atoms with Gasteiger partial charge in [-0.3, -0.25) is 4.57 Å². The van der Waals surface area contributed by atoms with Crippen molar-refractivity contribution in [3.8, 4) is 17.3 Å². The summed E-state index contributed by atoms with van der Waals surface area (Å²) in [4.78, 5) is 4.64. The van der Waals surface area contributed by atoms with Gasteiger partial charge in [-0.1, -0.05) is 69.5 Å². The second-order valence-corrected chi connectivity index (χ2v) is 18.7. The molecule has 3 aromatic rings. The summed E-state index contributed by atoms with van der Waals surface area (Å²) in [6, 6.07) is 16.9. The van der Waals surface area contributed by atoms with E-state index in [1.54, 1.807) is 0 Å². The lowest BCUT2D eigenvalue weighted by molar-refractivity contribution is 1.03. The lowest BCUT2D eigenvalue weighted by Gasteiger charge is -2.22. The average molecular weight is 389 g/mol. The highest BCUT2D eigenvalue weighted by molar-refractivity contribution is 6.93. The monoisotopic (exact) mass is 388 g/mol. The molecule has 1 aromatic carbocycles. The zero-order valence-electron chi connectivity index (χ0n) is 17.2. The number of benzene rings is 1. The molecule has 138 valence electrons. The quantitative estimate of drug-likeness (QED) is 0.388. The minimum atomic E-state index is -1.63. The van der Waals surface area contributed by atoms with Crippen molar-refractivity contribution in [2.24, 2.45) is 0 Å². The Morgan fingerprint density at radius 2 is 1.67 bits per heavy atom. The van der Waals surface area contributed by atoms with Gasteiger partial charge in [-0.25, -0.2) is 4.98 Å². The molecule has 0 saturated heterocycles. The van der Waals surface area contributed by atoms with Crippen LogP contribution in [0.2, 0.25) is 39.3 Å². The van der Waals surface area contributed by atoms with Crippen LogP contribution in [0, 0.1) is 11.5 Å². The third-order valence-corrected chi connectivity index (χ3v) is 7.25. The van der Waals surface area contributed by atoms with Crippen LogP contribution in [0.5, 0.6) is 0 Å². The van der Waals surface area contributed by atoms with Gasteiger partial charge in [-0.05, 0) is 35.5 Å². The number of allylic oxidation sites excluding steroid dienone is 1. The van der Waals surface area contributed by atoms with Crippen LogP contribution in [0.15, 0.2) is 60.8 Å². The maximum Gasteiger partial charge on any atom is 0.137 e. The Labute approximate surface area is 165 Å². The second-order valence-electron chi connectivity index (χ2n) is 8.94. The van der Waals surface area contributed by atoms with Gasteiger partial charge in [0.25, 0.3) is 0 Å². The Morgan fingerprint density at radius 3 is 2.30 bits per heavy atom. The number of aromatic nitrogens is 2. The number of hydrogen-bond acceptors (Lipinski definition) is 1. The van der Waals surface area contributed by atoms with Crippen LogP contribution < -0.4 is 0 Å². The van der Waals surface area contributed by atoms with E-state index in [-0.39, 0.29) is 0 Å². The third-order valence-electron chi connectivity index (χ3n) is 4.34. The fourth-order valence-corrected chi connectivity index (χ4v) is 5.05. The van der Waals surface area contributed by atoms with Crippen LogP contribution in [0.1, 0.15) is 5.69 Å². The summed E-state index contributed by atoms with van der Waals surface area (Å²) in [7, 11) is -3.03.